The van der Waals surface area contributed by atoms with Gasteiger partial charge in [0.25, 0.3) is 0 Å². The van der Waals surface area contributed by atoms with E-state index in [9.17, 15) is 4.79 Å². The molecule has 2 rings (SSSR count). The van der Waals surface area contributed by atoms with Crippen molar-refractivity contribution in [2.45, 2.75) is 25.9 Å². The summed E-state index contributed by atoms with van der Waals surface area (Å²) in [6.45, 7) is 4.64. The third-order valence-electron chi connectivity index (χ3n) is 3.05. The first-order valence-corrected chi connectivity index (χ1v) is 5.73. The molecule has 4 heteroatoms. The Balaban J connectivity index is 2.35. The third-order valence-corrected chi connectivity index (χ3v) is 3.05. The van der Waals surface area contributed by atoms with E-state index < -0.39 is 12.1 Å². The molecule has 92 valence electrons. The van der Waals surface area contributed by atoms with Gasteiger partial charge in [-0.1, -0.05) is 19.9 Å². The van der Waals surface area contributed by atoms with E-state index in [0.29, 0.717) is 18.2 Å². The average Bonchev–Trinajstić information content (AvgIpc) is 2.28. The molecule has 1 aliphatic rings. The van der Waals surface area contributed by atoms with Crippen molar-refractivity contribution in [1.29, 1.82) is 0 Å². The number of nitrogens with zero attached hydrogens (tertiary/aromatic N) is 1. The Kier molecular flexibility index (Phi) is 2.96. The smallest absolute Gasteiger partial charge is 0.346 e. The Morgan fingerprint density at radius 2 is 2.24 bits per heavy atom. The highest BCUT2D eigenvalue weighted by atomic mass is 16.5. The predicted molar refractivity (Wildman–Crippen MR) is 65.9 cm³/mol. The van der Waals surface area contributed by atoms with Crippen molar-refractivity contribution in [3.05, 3.63) is 23.8 Å². The Bertz CT molecular complexity index is 442. The second-order valence-corrected chi connectivity index (χ2v) is 4.71. The van der Waals surface area contributed by atoms with Crippen molar-refractivity contribution in [3.8, 4) is 5.75 Å². The number of carboxylic acid groups (broad SMARTS) is 1. The SMILES string of the molecule is CC(C)c1ccc2c(c1)N(C)CC(C(=O)O)O2. The van der Waals surface area contributed by atoms with Gasteiger partial charge in [0.2, 0.25) is 6.10 Å². The number of carboxylic acids is 1. The summed E-state index contributed by atoms with van der Waals surface area (Å²) < 4.78 is 5.46. The first-order valence-electron chi connectivity index (χ1n) is 5.73. The number of aliphatic carboxylic acids is 1. The summed E-state index contributed by atoms with van der Waals surface area (Å²) in [5.41, 5.74) is 2.20. The van der Waals surface area contributed by atoms with Crippen LogP contribution in [0.15, 0.2) is 18.2 Å². The van der Waals surface area contributed by atoms with Gasteiger partial charge in [-0.3, -0.25) is 0 Å². The van der Waals surface area contributed by atoms with Gasteiger partial charge in [-0.05, 0) is 23.6 Å². The van der Waals surface area contributed by atoms with Gasteiger partial charge in [-0.2, -0.15) is 0 Å². The molecule has 0 aliphatic carbocycles. The number of benzene rings is 1. The van der Waals surface area contributed by atoms with Gasteiger partial charge in [0.1, 0.15) is 5.75 Å². The summed E-state index contributed by atoms with van der Waals surface area (Å²) in [6.07, 6.45) is -0.780. The summed E-state index contributed by atoms with van der Waals surface area (Å²) in [7, 11) is 1.89. The van der Waals surface area contributed by atoms with Crippen molar-refractivity contribution in [3.63, 3.8) is 0 Å². The number of rotatable bonds is 2. The number of anilines is 1. The zero-order chi connectivity index (χ0) is 12.6. The molecule has 1 aromatic rings. The van der Waals surface area contributed by atoms with Crippen molar-refractivity contribution >= 4 is 11.7 Å². The highest BCUT2D eigenvalue weighted by molar-refractivity contribution is 5.76. The van der Waals surface area contributed by atoms with Crippen LogP contribution in [0.5, 0.6) is 5.75 Å². The minimum absolute atomic E-state index is 0.379. The van der Waals surface area contributed by atoms with Crippen molar-refractivity contribution in [1.82, 2.24) is 0 Å². The average molecular weight is 235 g/mol. The molecular formula is C13H17NO3. The lowest BCUT2D eigenvalue weighted by atomic mass is 10.0. The quantitative estimate of drug-likeness (QED) is 0.852. The molecule has 0 saturated carbocycles. The zero-order valence-electron chi connectivity index (χ0n) is 10.3. The monoisotopic (exact) mass is 235 g/mol. The second kappa shape index (κ2) is 4.28. The summed E-state index contributed by atoms with van der Waals surface area (Å²) in [6, 6.07) is 5.91. The van der Waals surface area contributed by atoms with Gasteiger partial charge in [-0.25, -0.2) is 4.79 Å². The summed E-state index contributed by atoms with van der Waals surface area (Å²) in [5, 5.41) is 8.97. The topological polar surface area (TPSA) is 49.8 Å². The van der Waals surface area contributed by atoms with E-state index in [0.717, 1.165) is 5.69 Å². The van der Waals surface area contributed by atoms with Gasteiger partial charge >= 0.3 is 5.97 Å². The van der Waals surface area contributed by atoms with Crippen LogP contribution in [0.3, 0.4) is 0 Å². The fourth-order valence-corrected chi connectivity index (χ4v) is 1.96. The number of hydrogen-bond donors (Lipinski definition) is 1. The van der Waals surface area contributed by atoms with Gasteiger partial charge in [0.05, 0.1) is 12.2 Å². The normalized spacial score (nSPS) is 18.8. The molecule has 0 radical (unpaired) electrons. The number of fused-ring (bicyclic) bond motifs is 1. The number of carbonyl (C=O) groups is 1. The van der Waals surface area contributed by atoms with Crippen LogP contribution in [-0.4, -0.2) is 30.8 Å². The minimum atomic E-state index is -0.921. The fourth-order valence-electron chi connectivity index (χ4n) is 1.96. The van der Waals surface area contributed by atoms with E-state index in [4.69, 9.17) is 9.84 Å². The van der Waals surface area contributed by atoms with Crippen LogP contribution in [0.2, 0.25) is 0 Å². The molecule has 1 heterocycles. The molecule has 0 spiro atoms. The van der Waals surface area contributed by atoms with Crippen molar-refractivity contribution < 1.29 is 14.6 Å². The Morgan fingerprint density at radius 1 is 1.53 bits per heavy atom. The van der Waals surface area contributed by atoms with Crippen molar-refractivity contribution in [2.24, 2.45) is 0 Å². The number of hydrogen-bond acceptors (Lipinski definition) is 3. The Labute approximate surface area is 101 Å². The minimum Gasteiger partial charge on any atom is -0.478 e. The van der Waals surface area contributed by atoms with Gasteiger partial charge in [-0.15, -0.1) is 0 Å². The highest BCUT2D eigenvalue weighted by Crippen LogP contribution is 2.35. The zero-order valence-corrected chi connectivity index (χ0v) is 10.3. The van der Waals surface area contributed by atoms with Gasteiger partial charge < -0.3 is 14.7 Å². The van der Waals surface area contributed by atoms with Crippen LogP contribution < -0.4 is 9.64 Å². The molecule has 1 atom stereocenters. The molecule has 1 N–H and O–H groups in total. The summed E-state index contributed by atoms with van der Waals surface area (Å²) >= 11 is 0. The Morgan fingerprint density at radius 3 is 2.82 bits per heavy atom. The third kappa shape index (κ3) is 2.20. The maximum Gasteiger partial charge on any atom is 0.346 e. The standard InChI is InChI=1S/C13H17NO3/c1-8(2)9-4-5-11-10(6-9)14(3)7-12(17-11)13(15)16/h4-6,8,12H,7H2,1-3H3,(H,15,16). The van der Waals surface area contributed by atoms with Crippen LogP contribution >= 0.6 is 0 Å². The van der Waals surface area contributed by atoms with E-state index in [1.165, 1.54) is 5.56 Å². The summed E-state index contributed by atoms with van der Waals surface area (Å²) in [4.78, 5) is 12.9. The van der Waals surface area contributed by atoms with Crippen LogP contribution in [0.4, 0.5) is 5.69 Å². The van der Waals surface area contributed by atoms with Crippen LogP contribution in [0.25, 0.3) is 0 Å². The van der Waals surface area contributed by atoms with E-state index >= 15 is 0 Å². The van der Waals surface area contributed by atoms with Gasteiger partial charge in [0, 0.05) is 7.05 Å². The first kappa shape index (κ1) is 11.8. The molecule has 1 unspecified atom stereocenters. The molecule has 0 bridgehead atoms. The number of ether oxygens (including phenoxy) is 1. The van der Waals surface area contributed by atoms with Crippen molar-refractivity contribution in [2.75, 3.05) is 18.5 Å². The Hall–Kier alpha value is -1.71. The maximum atomic E-state index is 10.9. The predicted octanol–water partition coefficient (Wildman–Crippen LogP) is 2.09. The molecule has 4 nitrogen and oxygen atoms in total. The molecule has 1 aliphatic heterocycles. The maximum absolute atomic E-state index is 10.9. The van der Waals surface area contributed by atoms with E-state index in [1.807, 2.05) is 24.1 Å². The molecule has 0 fully saturated rings. The lowest BCUT2D eigenvalue weighted by Gasteiger charge is -2.32. The van der Waals surface area contributed by atoms with Crippen LogP contribution in [0, 0.1) is 0 Å². The summed E-state index contributed by atoms with van der Waals surface area (Å²) in [5.74, 6) is 0.178. The molecule has 0 saturated heterocycles. The number of likely N-dealkylation sites (N-methyl/N-ethyl adjacent to an activating group) is 1. The first-order chi connectivity index (χ1) is 7.99. The van der Waals surface area contributed by atoms with E-state index in [1.54, 1.807) is 0 Å². The molecule has 1 aromatic carbocycles. The molecule has 0 aromatic heterocycles. The van der Waals surface area contributed by atoms with Crippen LogP contribution in [0.1, 0.15) is 25.3 Å². The van der Waals surface area contributed by atoms with E-state index in [2.05, 4.69) is 19.9 Å². The van der Waals surface area contributed by atoms with Crippen LogP contribution in [-0.2, 0) is 4.79 Å². The lowest BCUT2D eigenvalue weighted by Crippen LogP contribution is -2.42. The largest absolute Gasteiger partial charge is 0.478 e. The molecule has 0 amide bonds. The second-order valence-electron chi connectivity index (χ2n) is 4.71. The lowest BCUT2D eigenvalue weighted by molar-refractivity contribution is -0.144. The highest BCUT2D eigenvalue weighted by Gasteiger charge is 2.28. The molecule has 17 heavy (non-hydrogen) atoms. The fraction of sp³-hybridized carbons (Fsp3) is 0.462. The van der Waals surface area contributed by atoms with E-state index in [-0.39, 0.29) is 0 Å². The molecular weight excluding hydrogens is 218 g/mol. The van der Waals surface area contributed by atoms with Gasteiger partial charge in [0.15, 0.2) is 0 Å².